The molecule has 1 aliphatic carbocycles. The molecule has 162 valence electrons. The molecule has 0 radical (unpaired) electrons. The molecule has 6 atom stereocenters. The van der Waals surface area contributed by atoms with Crippen molar-refractivity contribution in [2.45, 2.75) is 64.6 Å². The summed E-state index contributed by atoms with van der Waals surface area (Å²) in [7, 11) is 0. The Hall–Kier alpha value is -2.38. The number of pyridine rings is 1. The van der Waals surface area contributed by atoms with E-state index in [9.17, 15) is 15.0 Å². The van der Waals surface area contributed by atoms with Crippen LogP contribution in [0.4, 0.5) is 0 Å². The highest BCUT2D eigenvalue weighted by atomic mass is 16.6. The number of hydrogen-bond donors (Lipinski definition) is 2. The molecule has 0 aromatic carbocycles. The van der Waals surface area contributed by atoms with Gasteiger partial charge < -0.3 is 24.4 Å². The Bertz CT molecular complexity index is 879. The lowest BCUT2D eigenvalue weighted by molar-refractivity contribution is -0.211. The van der Waals surface area contributed by atoms with Gasteiger partial charge in [0.15, 0.2) is 0 Å². The number of aromatic nitrogens is 1. The molecule has 1 saturated carbocycles. The molecule has 2 aliphatic heterocycles. The van der Waals surface area contributed by atoms with Gasteiger partial charge in [0.25, 0.3) is 0 Å². The molecule has 3 aliphatic rings. The van der Waals surface area contributed by atoms with Crippen LogP contribution < -0.4 is 0 Å². The topological polar surface area (TPSA) is 98.1 Å². The molecule has 2 N–H and O–H groups in total. The Balaban J connectivity index is 1.75. The van der Waals surface area contributed by atoms with E-state index in [1.165, 1.54) is 6.92 Å². The lowest BCUT2D eigenvalue weighted by Gasteiger charge is -2.54. The Morgan fingerprint density at radius 1 is 1.33 bits per heavy atom. The fourth-order valence-electron chi connectivity index (χ4n) is 4.93. The van der Waals surface area contributed by atoms with E-state index in [1.54, 1.807) is 24.5 Å². The van der Waals surface area contributed by atoms with Crippen molar-refractivity contribution in [2.75, 3.05) is 0 Å². The van der Waals surface area contributed by atoms with Gasteiger partial charge in [0, 0.05) is 36.9 Å². The fraction of sp³-hybridized carbons (Fsp3) is 0.565. The van der Waals surface area contributed by atoms with E-state index >= 15 is 0 Å². The molecule has 1 aromatic heterocycles. The molecule has 0 amide bonds. The van der Waals surface area contributed by atoms with Gasteiger partial charge in [-0.2, -0.15) is 0 Å². The van der Waals surface area contributed by atoms with Gasteiger partial charge in [-0.1, -0.05) is 13.8 Å². The Morgan fingerprint density at radius 3 is 2.73 bits per heavy atom. The number of aliphatic hydroxyl groups is 2. The quantitative estimate of drug-likeness (QED) is 0.733. The second-order valence-corrected chi connectivity index (χ2v) is 8.95. The van der Waals surface area contributed by atoms with E-state index in [4.69, 9.17) is 14.2 Å². The van der Waals surface area contributed by atoms with Crippen LogP contribution in [0.1, 0.15) is 46.1 Å². The number of rotatable bonds is 3. The van der Waals surface area contributed by atoms with Crippen LogP contribution in [0.25, 0.3) is 5.76 Å². The number of carbonyl (C=O) groups is 1. The van der Waals surface area contributed by atoms with Crippen molar-refractivity contribution in [1.82, 2.24) is 4.98 Å². The molecule has 4 rings (SSSR count). The molecule has 3 heterocycles. The largest absolute Gasteiger partial charge is 0.483 e. The summed E-state index contributed by atoms with van der Waals surface area (Å²) >= 11 is 0. The van der Waals surface area contributed by atoms with Gasteiger partial charge in [0.1, 0.15) is 23.2 Å². The fourth-order valence-corrected chi connectivity index (χ4v) is 4.93. The standard InChI is InChI=1S/C23H29NO6/c1-12(2)15-8-16-21(26)20-18(30-23(16,4)19(9-15)28-13(3)25)10-17(29-22(20)27)14-6-5-7-24-11-14/h5-7,10-12,15-16,19,21-22,26-27H,8-9H2,1-4H3/t15-,16?,19-,21-,22?,23-/m0/s1. The number of carbonyl (C=O) groups excluding carboxylic acids is 1. The van der Waals surface area contributed by atoms with Crippen LogP contribution in [0, 0.1) is 17.8 Å². The number of allylic oxidation sites excluding steroid dienone is 1. The first-order chi connectivity index (χ1) is 14.2. The number of nitrogens with zero attached hydrogens (tertiary/aromatic N) is 1. The highest BCUT2D eigenvalue weighted by Crippen LogP contribution is 2.52. The van der Waals surface area contributed by atoms with Gasteiger partial charge in [-0.25, -0.2) is 0 Å². The number of esters is 1. The molecule has 7 heteroatoms. The van der Waals surface area contributed by atoms with Gasteiger partial charge in [-0.15, -0.1) is 0 Å². The molecular formula is C23H29NO6. The van der Waals surface area contributed by atoms with E-state index in [1.807, 2.05) is 13.0 Å². The lowest BCUT2D eigenvalue weighted by Crippen LogP contribution is -2.61. The monoisotopic (exact) mass is 415 g/mol. The van der Waals surface area contributed by atoms with Crippen molar-refractivity contribution >= 4 is 11.7 Å². The minimum Gasteiger partial charge on any atom is -0.483 e. The zero-order valence-corrected chi connectivity index (χ0v) is 17.7. The highest BCUT2D eigenvalue weighted by Gasteiger charge is 2.58. The van der Waals surface area contributed by atoms with E-state index in [2.05, 4.69) is 18.8 Å². The second kappa shape index (κ2) is 7.71. The summed E-state index contributed by atoms with van der Waals surface area (Å²) in [6, 6.07) is 3.59. The summed E-state index contributed by atoms with van der Waals surface area (Å²) in [5, 5.41) is 22.0. The first kappa shape index (κ1) is 20.9. The second-order valence-electron chi connectivity index (χ2n) is 8.95. The van der Waals surface area contributed by atoms with Crippen LogP contribution in [-0.4, -0.2) is 45.3 Å². The summed E-state index contributed by atoms with van der Waals surface area (Å²) < 4.78 is 17.8. The zero-order valence-electron chi connectivity index (χ0n) is 17.7. The van der Waals surface area contributed by atoms with Gasteiger partial charge in [0.2, 0.25) is 6.29 Å². The Kier molecular flexibility index (Phi) is 5.36. The van der Waals surface area contributed by atoms with E-state index < -0.39 is 24.1 Å². The Labute approximate surface area is 176 Å². The van der Waals surface area contributed by atoms with E-state index in [-0.39, 0.29) is 17.8 Å². The van der Waals surface area contributed by atoms with Gasteiger partial charge in [0.05, 0.1) is 11.7 Å². The smallest absolute Gasteiger partial charge is 0.303 e. The normalized spacial score (nSPS) is 35.6. The van der Waals surface area contributed by atoms with Crippen molar-refractivity contribution in [3.05, 3.63) is 47.5 Å². The van der Waals surface area contributed by atoms with Crippen molar-refractivity contribution in [2.24, 2.45) is 17.8 Å². The van der Waals surface area contributed by atoms with Crippen LogP contribution in [0.2, 0.25) is 0 Å². The van der Waals surface area contributed by atoms with E-state index in [0.717, 1.165) is 0 Å². The van der Waals surface area contributed by atoms with Gasteiger partial charge in [-0.3, -0.25) is 9.78 Å². The van der Waals surface area contributed by atoms with Crippen LogP contribution in [0.15, 0.2) is 41.9 Å². The van der Waals surface area contributed by atoms with Gasteiger partial charge in [-0.05, 0) is 43.7 Å². The third kappa shape index (κ3) is 3.50. The number of hydrogen-bond acceptors (Lipinski definition) is 7. The lowest BCUT2D eigenvalue weighted by atomic mass is 9.63. The van der Waals surface area contributed by atoms with Crippen molar-refractivity contribution in [3.8, 4) is 0 Å². The molecule has 1 aromatic rings. The molecule has 30 heavy (non-hydrogen) atoms. The number of aliphatic hydroxyl groups excluding tert-OH is 2. The van der Waals surface area contributed by atoms with Crippen molar-refractivity contribution in [3.63, 3.8) is 0 Å². The third-order valence-electron chi connectivity index (χ3n) is 6.73. The molecule has 1 fully saturated rings. The number of fused-ring (bicyclic) bond motifs is 1. The molecular weight excluding hydrogens is 386 g/mol. The van der Waals surface area contributed by atoms with Crippen LogP contribution in [0.3, 0.4) is 0 Å². The van der Waals surface area contributed by atoms with Crippen LogP contribution in [-0.2, 0) is 19.0 Å². The first-order valence-corrected chi connectivity index (χ1v) is 10.5. The minimum absolute atomic E-state index is 0.260. The predicted molar refractivity (Wildman–Crippen MR) is 108 cm³/mol. The van der Waals surface area contributed by atoms with Crippen LogP contribution in [0.5, 0.6) is 0 Å². The maximum Gasteiger partial charge on any atom is 0.303 e. The van der Waals surface area contributed by atoms with Crippen molar-refractivity contribution < 1.29 is 29.2 Å². The summed E-state index contributed by atoms with van der Waals surface area (Å²) in [5.41, 5.74) is 0.0905. The van der Waals surface area contributed by atoms with Crippen LogP contribution >= 0.6 is 0 Å². The number of ether oxygens (including phenoxy) is 3. The Morgan fingerprint density at radius 2 is 2.10 bits per heavy atom. The molecule has 2 unspecified atom stereocenters. The average Bonchev–Trinajstić information content (AvgIpc) is 2.68. The van der Waals surface area contributed by atoms with Crippen molar-refractivity contribution in [1.29, 1.82) is 0 Å². The maximum absolute atomic E-state index is 11.8. The molecule has 7 nitrogen and oxygen atoms in total. The molecule has 0 saturated heterocycles. The minimum atomic E-state index is -1.33. The third-order valence-corrected chi connectivity index (χ3v) is 6.73. The SMILES string of the molecule is CC(=O)O[C@H]1C[C@@H](C(C)C)CC2[C@H](O)C3=C(C=C(c4cccnc4)OC3O)O[C@@]21C. The first-order valence-electron chi connectivity index (χ1n) is 10.5. The summed E-state index contributed by atoms with van der Waals surface area (Å²) in [4.78, 5) is 15.9. The maximum atomic E-state index is 11.8. The molecule has 0 bridgehead atoms. The molecule has 0 spiro atoms. The average molecular weight is 415 g/mol. The predicted octanol–water partition coefficient (Wildman–Crippen LogP) is 2.79. The summed E-state index contributed by atoms with van der Waals surface area (Å²) in [6.45, 7) is 7.52. The highest BCUT2D eigenvalue weighted by molar-refractivity contribution is 5.66. The zero-order chi connectivity index (χ0) is 21.6. The van der Waals surface area contributed by atoms with Gasteiger partial charge >= 0.3 is 5.97 Å². The summed E-state index contributed by atoms with van der Waals surface area (Å²) in [6.07, 6.45) is 3.52. The summed E-state index contributed by atoms with van der Waals surface area (Å²) in [5.74, 6) is 0.674. The van der Waals surface area contributed by atoms with E-state index in [0.29, 0.717) is 41.4 Å².